The smallest absolute Gasteiger partial charge is 0.317 e. The lowest BCUT2D eigenvalue weighted by atomic mass is 9.85. The van der Waals surface area contributed by atoms with E-state index in [0.29, 0.717) is 35.1 Å². The Morgan fingerprint density at radius 1 is 1.37 bits per heavy atom. The average molecular weight is 430 g/mol. The number of amides is 2. The molecule has 0 bridgehead atoms. The second kappa shape index (κ2) is 7.98. The zero-order valence-electron chi connectivity index (χ0n) is 17.3. The molecule has 0 saturated carbocycles. The summed E-state index contributed by atoms with van der Waals surface area (Å²) in [5.74, 6) is 1.58. The van der Waals surface area contributed by atoms with E-state index in [1.165, 1.54) is 6.33 Å². The number of aromatic nitrogens is 4. The molecular formula is C20H24ClN7O2. The van der Waals surface area contributed by atoms with Crippen LogP contribution in [0.15, 0.2) is 18.7 Å². The van der Waals surface area contributed by atoms with Crippen LogP contribution in [0.25, 0.3) is 11.2 Å². The zero-order valence-corrected chi connectivity index (χ0v) is 18.0. The first-order chi connectivity index (χ1) is 14.4. The lowest BCUT2D eigenvalue weighted by Crippen LogP contribution is -2.52. The van der Waals surface area contributed by atoms with Gasteiger partial charge in [0.2, 0.25) is 0 Å². The number of anilines is 1. The van der Waals surface area contributed by atoms with Crippen molar-refractivity contribution >= 4 is 34.6 Å². The van der Waals surface area contributed by atoms with E-state index < -0.39 is 0 Å². The molecule has 0 radical (unpaired) electrons. The molecule has 3 heterocycles. The maximum atomic E-state index is 11.9. The second-order valence-corrected chi connectivity index (χ2v) is 7.77. The summed E-state index contributed by atoms with van der Waals surface area (Å²) < 4.78 is 5.85. The minimum absolute atomic E-state index is 0.0769. The molecule has 1 saturated heterocycles. The van der Waals surface area contributed by atoms with Crippen LogP contribution in [0.4, 0.5) is 10.6 Å². The van der Waals surface area contributed by atoms with Gasteiger partial charge in [-0.2, -0.15) is 0 Å². The second-order valence-electron chi connectivity index (χ2n) is 7.36. The third-order valence-corrected chi connectivity index (χ3v) is 5.98. The van der Waals surface area contributed by atoms with Crippen molar-refractivity contribution in [2.45, 2.75) is 25.8 Å². The van der Waals surface area contributed by atoms with Gasteiger partial charge in [-0.05, 0) is 25.5 Å². The van der Waals surface area contributed by atoms with Crippen LogP contribution in [0, 0.1) is 6.92 Å². The first-order valence-electron chi connectivity index (χ1n) is 9.68. The SMILES string of the molecule is CNC(=O)N1CC(c2c(C)c(Cl)cc(C(C)Nc3ncnc4[nH]cnc34)c2OC)C1. The van der Waals surface area contributed by atoms with Crippen LogP contribution in [-0.4, -0.2) is 58.1 Å². The van der Waals surface area contributed by atoms with Crippen molar-refractivity contribution < 1.29 is 9.53 Å². The highest BCUT2D eigenvalue weighted by atomic mass is 35.5. The molecule has 1 aliphatic heterocycles. The van der Waals surface area contributed by atoms with E-state index in [-0.39, 0.29) is 18.0 Å². The van der Waals surface area contributed by atoms with E-state index in [2.05, 4.69) is 30.6 Å². The number of urea groups is 1. The molecule has 0 aliphatic carbocycles. The number of carbonyl (C=O) groups excluding carboxylic acids is 1. The molecule has 3 N–H and O–H groups in total. The van der Waals surface area contributed by atoms with Gasteiger partial charge in [-0.25, -0.2) is 19.7 Å². The number of rotatable bonds is 5. The molecule has 4 rings (SSSR count). The lowest BCUT2D eigenvalue weighted by molar-refractivity contribution is 0.152. The van der Waals surface area contributed by atoms with Crippen molar-refractivity contribution in [3.05, 3.63) is 40.4 Å². The number of likely N-dealkylation sites (tertiary alicyclic amines) is 1. The fourth-order valence-electron chi connectivity index (χ4n) is 3.94. The molecule has 2 amide bonds. The average Bonchev–Trinajstić information content (AvgIpc) is 3.19. The molecule has 1 aliphatic rings. The predicted molar refractivity (Wildman–Crippen MR) is 115 cm³/mol. The molecule has 1 aromatic carbocycles. The van der Waals surface area contributed by atoms with Crippen molar-refractivity contribution in [1.82, 2.24) is 30.2 Å². The van der Waals surface area contributed by atoms with Gasteiger partial charge >= 0.3 is 6.03 Å². The number of benzene rings is 1. The van der Waals surface area contributed by atoms with Crippen LogP contribution >= 0.6 is 11.6 Å². The lowest BCUT2D eigenvalue weighted by Gasteiger charge is -2.40. The fourth-order valence-corrected chi connectivity index (χ4v) is 4.16. The summed E-state index contributed by atoms with van der Waals surface area (Å²) in [6.45, 7) is 5.25. The third kappa shape index (κ3) is 3.39. The highest BCUT2D eigenvalue weighted by Gasteiger charge is 2.36. The first-order valence-corrected chi connectivity index (χ1v) is 10.1. The first kappa shape index (κ1) is 20.2. The van der Waals surface area contributed by atoms with E-state index in [1.54, 1.807) is 25.4 Å². The Balaban J connectivity index is 1.67. The molecule has 9 nitrogen and oxygen atoms in total. The van der Waals surface area contributed by atoms with Crippen LogP contribution < -0.4 is 15.4 Å². The standard InChI is InChI=1S/C20H24ClN7O2/c1-10-14(21)5-13(11(2)27-19-16-18(24-8-23-16)25-9-26-19)17(30-4)15(10)12-6-28(7-12)20(29)22-3/h5,8-9,11-12H,6-7H2,1-4H3,(H,22,29)(H2,23,24,25,26,27). The number of methoxy groups -OCH3 is 1. The third-order valence-electron chi connectivity index (χ3n) is 5.58. The monoisotopic (exact) mass is 429 g/mol. The Kier molecular flexibility index (Phi) is 5.38. The number of nitrogens with one attached hydrogen (secondary N) is 3. The predicted octanol–water partition coefficient (Wildman–Crippen LogP) is 3.24. The van der Waals surface area contributed by atoms with Gasteiger partial charge in [0.15, 0.2) is 11.5 Å². The van der Waals surface area contributed by atoms with Crippen LogP contribution in [-0.2, 0) is 0 Å². The summed E-state index contributed by atoms with van der Waals surface area (Å²) in [7, 11) is 3.30. The molecule has 30 heavy (non-hydrogen) atoms. The number of fused-ring (bicyclic) bond motifs is 1. The molecule has 10 heteroatoms. The number of halogens is 1. The number of hydrogen-bond donors (Lipinski definition) is 3. The molecule has 0 spiro atoms. The Labute approximate surface area is 179 Å². The van der Waals surface area contributed by atoms with Gasteiger partial charge < -0.3 is 25.3 Å². The summed E-state index contributed by atoms with van der Waals surface area (Å²) in [4.78, 5) is 29.4. The van der Waals surface area contributed by atoms with Crippen molar-refractivity contribution in [1.29, 1.82) is 0 Å². The van der Waals surface area contributed by atoms with Gasteiger partial charge in [-0.15, -0.1) is 0 Å². The number of H-pyrrole nitrogens is 1. The van der Waals surface area contributed by atoms with Gasteiger partial charge in [0, 0.05) is 42.2 Å². The Bertz CT molecular complexity index is 1090. The topological polar surface area (TPSA) is 108 Å². The van der Waals surface area contributed by atoms with Crippen molar-refractivity contribution in [2.24, 2.45) is 0 Å². The van der Waals surface area contributed by atoms with E-state index in [0.717, 1.165) is 22.4 Å². The Morgan fingerprint density at radius 2 is 2.13 bits per heavy atom. The Hall–Kier alpha value is -3.07. The van der Waals surface area contributed by atoms with Crippen molar-refractivity contribution in [2.75, 3.05) is 32.6 Å². The maximum Gasteiger partial charge on any atom is 0.317 e. The number of ether oxygens (including phenoxy) is 1. The normalized spacial score (nSPS) is 15.0. The van der Waals surface area contributed by atoms with Crippen LogP contribution in [0.3, 0.4) is 0 Å². The number of hydrogen-bond acceptors (Lipinski definition) is 6. The number of aromatic amines is 1. The molecule has 3 aromatic rings. The fraction of sp³-hybridized carbons (Fsp3) is 0.400. The molecule has 158 valence electrons. The van der Waals surface area contributed by atoms with Gasteiger partial charge in [0.1, 0.15) is 17.6 Å². The Morgan fingerprint density at radius 3 is 2.83 bits per heavy atom. The van der Waals surface area contributed by atoms with E-state index in [9.17, 15) is 4.79 Å². The molecule has 1 fully saturated rings. The van der Waals surface area contributed by atoms with Crippen LogP contribution in [0.1, 0.15) is 35.6 Å². The van der Waals surface area contributed by atoms with E-state index >= 15 is 0 Å². The van der Waals surface area contributed by atoms with Crippen molar-refractivity contribution in [3.63, 3.8) is 0 Å². The minimum Gasteiger partial charge on any atom is -0.496 e. The molecule has 1 atom stereocenters. The summed E-state index contributed by atoms with van der Waals surface area (Å²) in [6.07, 6.45) is 3.08. The summed E-state index contributed by atoms with van der Waals surface area (Å²) in [6, 6.07) is 1.70. The minimum atomic E-state index is -0.151. The highest BCUT2D eigenvalue weighted by molar-refractivity contribution is 6.31. The summed E-state index contributed by atoms with van der Waals surface area (Å²) in [5.41, 5.74) is 4.27. The quantitative estimate of drug-likeness (QED) is 0.574. The summed E-state index contributed by atoms with van der Waals surface area (Å²) >= 11 is 6.60. The van der Waals surface area contributed by atoms with Gasteiger partial charge in [0.25, 0.3) is 0 Å². The van der Waals surface area contributed by atoms with Crippen LogP contribution in [0.2, 0.25) is 5.02 Å². The number of carbonyl (C=O) groups is 1. The zero-order chi connectivity index (χ0) is 21.4. The molecule has 2 aromatic heterocycles. The van der Waals surface area contributed by atoms with E-state index in [4.69, 9.17) is 16.3 Å². The largest absolute Gasteiger partial charge is 0.496 e. The van der Waals surface area contributed by atoms with Gasteiger partial charge in [-0.1, -0.05) is 11.6 Å². The highest BCUT2D eigenvalue weighted by Crippen LogP contribution is 2.43. The maximum absolute atomic E-state index is 11.9. The molecule has 1 unspecified atom stereocenters. The number of imidazole rings is 1. The summed E-state index contributed by atoms with van der Waals surface area (Å²) in [5, 5.41) is 6.73. The van der Waals surface area contributed by atoms with Crippen LogP contribution in [0.5, 0.6) is 5.75 Å². The van der Waals surface area contributed by atoms with Crippen molar-refractivity contribution in [3.8, 4) is 5.75 Å². The van der Waals surface area contributed by atoms with Gasteiger partial charge in [-0.3, -0.25) is 0 Å². The molecular weight excluding hydrogens is 406 g/mol. The van der Waals surface area contributed by atoms with E-state index in [1.807, 2.05) is 19.9 Å². The van der Waals surface area contributed by atoms with Gasteiger partial charge in [0.05, 0.1) is 19.5 Å². The number of nitrogens with zero attached hydrogens (tertiary/aromatic N) is 4.